The number of hydrogen-bond acceptors (Lipinski definition) is 3. The fraction of sp³-hybridized carbons (Fsp3) is 0.417. The molecule has 0 bridgehead atoms. The maximum absolute atomic E-state index is 11.3. The number of hydrogen-bond donors (Lipinski definition) is 1. The predicted molar refractivity (Wildman–Crippen MR) is 60.2 cm³/mol. The van der Waals surface area contributed by atoms with Crippen LogP contribution in [0.4, 0.5) is 0 Å². The van der Waals surface area contributed by atoms with Crippen LogP contribution in [0.2, 0.25) is 0 Å². The smallest absolute Gasteiger partial charge is 0.317 e. The minimum Gasteiger partial charge on any atom is -0.481 e. The first kappa shape index (κ1) is 11.6. The summed E-state index contributed by atoms with van der Waals surface area (Å²) < 4.78 is 0. The topological polar surface area (TPSA) is 80.4 Å². The van der Waals surface area contributed by atoms with Gasteiger partial charge in [-0.2, -0.15) is 0 Å². The van der Waals surface area contributed by atoms with Crippen molar-refractivity contribution in [2.24, 2.45) is 5.41 Å². The van der Waals surface area contributed by atoms with Crippen LogP contribution in [0, 0.1) is 15.5 Å². The predicted octanol–water partition coefficient (Wildman–Crippen LogP) is 1.74. The Labute approximate surface area is 98.2 Å². The Hall–Kier alpha value is -1.91. The SMILES string of the molecule is O=C(O)C1(Cc2ccccc2)CCC1[N+](=O)[O-]. The summed E-state index contributed by atoms with van der Waals surface area (Å²) in [6.45, 7) is 0. The molecule has 0 saturated heterocycles. The van der Waals surface area contributed by atoms with Gasteiger partial charge in [-0.1, -0.05) is 30.3 Å². The third kappa shape index (κ3) is 1.88. The maximum Gasteiger partial charge on any atom is 0.317 e. The second kappa shape index (κ2) is 4.16. The van der Waals surface area contributed by atoms with Crippen molar-refractivity contribution in [2.45, 2.75) is 25.3 Å². The van der Waals surface area contributed by atoms with E-state index in [2.05, 4.69) is 0 Å². The molecule has 2 rings (SSSR count). The van der Waals surface area contributed by atoms with E-state index in [-0.39, 0.29) is 6.42 Å². The van der Waals surface area contributed by atoms with E-state index in [1.54, 1.807) is 12.1 Å². The molecule has 0 spiro atoms. The van der Waals surface area contributed by atoms with Gasteiger partial charge in [0.1, 0.15) is 5.41 Å². The first-order chi connectivity index (χ1) is 8.06. The maximum atomic E-state index is 11.3. The lowest BCUT2D eigenvalue weighted by molar-refractivity contribution is -0.556. The number of carbonyl (C=O) groups is 1. The first-order valence-corrected chi connectivity index (χ1v) is 5.47. The Morgan fingerprint density at radius 3 is 2.53 bits per heavy atom. The number of carboxylic acid groups (broad SMARTS) is 1. The van der Waals surface area contributed by atoms with Gasteiger partial charge < -0.3 is 5.11 Å². The van der Waals surface area contributed by atoms with Gasteiger partial charge in [0.05, 0.1) is 0 Å². The molecule has 1 aromatic carbocycles. The molecule has 5 nitrogen and oxygen atoms in total. The fourth-order valence-corrected chi connectivity index (χ4v) is 2.42. The fourth-order valence-electron chi connectivity index (χ4n) is 2.42. The molecule has 1 saturated carbocycles. The molecule has 0 aromatic heterocycles. The van der Waals surface area contributed by atoms with E-state index in [1.165, 1.54) is 0 Å². The van der Waals surface area contributed by atoms with Gasteiger partial charge in [0.15, 0.2) is 0 Å². The second-order valence-corrected chi connectivity index (χ2v) is 4.46. The quantitative estimate of drug-likeness (QED) is 0.636. The monoisotopic (exact) mass is 235 g/mol. The largest absolute Gasteiger partial charge is 0.481 e. The van der Waals surface area contributed by atoms with E-state index >= 15 is 0 Å². The van der Waals surface area contributed by atoms with Crippen LogP contribution in [0.25, 0.3) is 0 Å². The van der Waals surface area contributed by atoms with E-state index in [0.29, 0.717) is 12.8 Å². The first-order valence-electron chi connectivity index (χ1n) is 5.47. The van der Waals surface area contributed by atoms with Crippen LogP contribution < -0.4 is 0 Å². The van der Waals surface area contributed by atoms with E-state index in [1.807, 2.05) is 18.2 Å². The molecule has 5 heteroatoms. The Balaban J connectivity index is 2.25. The van der Waals surface area contributed by atoms with Crippen molar-refractivity contribution in [3.63, 3.8) is 0 Å². The Bertz CT molecular complexity index is 445. The number of aliphatic carboxylic acids is 1. The van der Waals surface area contributed by atoms with Crippen LogP contribution >= 0.6 is 0 Å². The van der Waals surface area contributed by atoms with Crippen molar-refractivity contribution in [1.29, 1.82) is 0 Å². The van der Waals surface area contributed by atoms with Gasteiger partial charge in [-0.15, -0.1) is 0 Å². The van der Waals surface area contributed by atoms with Crippen LogP contribution in [0.5, 0.6) is 0 Å². The highest BCUT2D eigenvalue weighted by atomic mass is 16.6. The van der Waals surface area contributed by atoms with Gasteiger partial charge >= 0.3 is 5.97 Å². The number of nitrogens with zero attached hydrogens (tertiary/aromatic N) is 1. The summed E-state index contributed by atoms with van der Waals surface area (Å²) in [5.41, 5.74) is -0.383. The summed E-state index contributed by atoms with van der Waals surface area (Å²) in [5.74, 6) is -1.06. The Kier molecular flexibility index (Phi) is 2.83. The van der Waals surface area contributed by atoms with Gasteiger partial charge in [0, 0.05) is 11.3 Å². The summed E-state index contributed by atoms with van der Waals surface area (Å²) in [6.07, 6.45) is 0.962. The van der Waals surface area contributed by atoms with E-state index in [4.69, 9.17) is 0 Å². The molecule has 1 aromatic rings. The summed E-state index contributed by atoms with van der Waals surface area (Å²) >= 11 is 0. The summed E-state index contributed by atoms with van der Waals surface area (Å²) in [6, 6.07) is 8.11. The van der Waals surface area contributed by atoms with Gasteiger partial charge in [0.25, 0.3) is 0 Å². The molecule has 1 aliphatic rings. The molecular formula is C12H13NO4. The molecule has 1 aliphatic carbocycles. The molecule has 0 heterocycles. The molecule has 90 valence electrons. The zero-order valence-corrected chi connectivity index (χ0v) is 9.20. The van der Waals surface area contributed by atoms with Gasteiger partial charge in [-0.25, -0.2) is 0 Å². The number of carboxylic acids is 1. The van der Waals surface area contributed by atoms with Crippen LogP contribution in [0.3, 0.4) is 0 Å². The zero-order chi connectivity index (χ0) is 12.5. The normalized spacial score (nSPS) is 27.2. The lowest BCUT2D eigenvalue weighted by Crippen LogP contribution is -2.56. The van der Waals surface area contributed by atoms with E-state index in [0.717, 1.165) is 5.56 Å². The highest BCUT2D eigenvalue weighted by Crippen LogP contribution is 2.45. The Morgan fingerprint density at radius 2 is 2.12 bits per heavy atom. The second-order valence-electron chi connectivity index (χ2n) is 4.46. The minimum atomic E-state index is -1.22. The summed E-state index contributed by atoms with van der Waals surface area (Å²) in [5, 5.41) is 20.1. The number of benzene rings is 1. The molecule has 0 amide bonds. The van der Waals surface area contributed by atoms with E-state index < -0.39 is 22.3 Å². The third-order valence-corrected chi connectivity index (χ3v) is 3.54. The third-order valence-electron chi connectivity index (χ3n) is 3.54. The van der Waals surface area contributed by atoms with Crippen molar-refractivity contribution in [3.05, 3.63) is 46.0 Å². The van der Waals surface area contributed by atoms with E-state index in [9.17, 15) is 20.0 Å². The number of rotatable bonds is 4. The average Bonchev–Trinajstić information content (AvgIpc) is 2.24. The molecule has 2 atom stereocenters. The highest BCUT2D eigenvalue weighted by Gasteiger charge is 2.60. The van der Waals surface area contributed by atoms with Crippen molar-refractivity contribution in [2.75, 3.05) is 0 Å². The Morgan fingerprint density at radius 1 is 1.47 bits per heavy atom. The standard InChI is InChI=1S/C12H13NO4/c14-11(15)12(7-6-10(12)13(16)17)8-9-4-2-1-3-5-9/h1-5,10H,6-8H2,(H,14,15). The van der Waals surface area contributed by atoms with Crippen molar-refractivity contribution in [3.8, 4) is 0 Å². The highest BCUT2D eigenvalue weighted by molar-refractivity contribution is 5.77. The molecule has 0 aliphatic heterocycles. The molecular weight excluding hydrogens is 222 g/mol. The minimum absolute atomic E-state index is 0.231. The lowest BCUT2D eigenvalue weighted by atomic mass is 9.61. The molecule has 2 unspecified atom stereocenters. The van der Waals surface area contributed by atoms with Crippen LogP contribution in [0.15, 0.2) is 30.3 Å². The number of nitro groups is 1. The van der Waals surface area contributed by atoms with Crippen LogP contribution in [-0.2, 0) is 11.2 Å². The summed E-state index contributed by atoms with van der Waals surface area (Å²) in [7, 11) is 0. The van der Waals surface area contributed by atoms with Crippen molar-refractivity contribution in [1.82, 2.24) is 0 Å². The molecule has 1 fully saturated rings. The molecule has 1 N–H and O–H groups in total. The van der Waals surface area contributed by atoms with Crippen molar-refractivity contribution >= 4 is 5.97 Å². The van der Waals surface area contributed by atoms with Crippen LogP contribution in [0.1, 0.15) is 18.4 Å². The zero-order valence-electron chi connectivity index (χ0n) is 9.20. The molecule has 0 radical (unpaired) electrons. The summed E-state index contributed by atoms with van der Waals surface area (Å²) in [4.78, 5) is 21.7. The average molecular weight is 235 g/mol. The van der Waals surface area contributed by atoms with Gasteiger partial charge in [-0.3, -0.25) is 14.9 Å². The van der Waals surface area contributed by atoms with Gasteiger partial charge in [-0.05, 0) is 18.4 Å². The van der Waals surface area contributed by atoms with Crippen LogP contribution in [-0.4, -0.2) is 22.0 Å². The van der Waals surface area contributed by atoms with Gasteiger partial charge in [0.2, 0.25) is 6.04 Å². The lowest BCUT2D eigenvalue weighted by Gasteiger charge is -2.39. The molecule has 17 heavy (non-hydrogen) atoms. The van der Waals surface area contributed by atoms with Crippen molar-refractivity contribution < 1.29 is 14.8 Å².